The quantitative estimate of drug-likeness (QED) is 0.447. The second-order valence-electron chi connectivity index (χ2n) is 4.32. The van der Waals surface area contributed by atoms with Crippen LogP contribution in [0.2, 0.25) is 0 Å². The number of rotatable bonds is 7. The summed E-state index contributed by atoms with van der Waals surface area (Å²) in [6, 6.07) is 4.47. The first kappa shape index (κ1) is 15.1. The predicted molar refractivity (Wildman–Crippen MR) is 71.1 cm³/mol. The minimum Gasteiger partial charge on any atom is -0.396 e. The maximum absolute atomic E-state index is 11.9. The zero-order valence-corrected chi connectivity index (χ0v) is 10.9. The molecule has 2 N–H and O–H groups in total. The van der Waals surface area contributed by atoms with Crippen molar-refractivity contribution in [2.75, 3.05) is 13.2 Å². The van der Waals surface area contributed by atoms with E-state index < -0.39 is 10.8 Å². The minimum atomic E-state index is -0.555. The Hall–Kier alpha value is -1.95. The van der Waals surface area contributed by atoms with Gasteiger partial charge < -0.3 is 10.4 Å². The van der Waals surface area contributed by atoms with Crippen LogP contribution in [-0.4, -0.2) is 29.1 Å². The van der Waals surface area contributed by atoms with Crippen molar-refractivity contribution in [2.24, 2.45) is 0 Å². The summed E-state index contributed by atoms with van der Waals surface area (Å²) < 4.78 is 0. The molecule has 0 atom stereocenters. The Balaban J connectivity index is 2.65. The Morgan fingerprint density at radius 3 is 2.74 bits per heavy atom. The molecule has 104 valence electrons. The maximum Gasteiger partial charge on any atom is 0.282 e. The zero-order valence-electron chi connectivity index (χ0n) is 10.9. The molecular weight excluding hydrogens is 248 g/mol. The lowest BCUT2D eigenvalue weighted by Crippen LogP contribution is -2.25. The Labute approximate surface area is 111 Å². The van der Waals surface area contributed by atoms with E-state index in [-0.39, 0.29) is 17.9 Å². The van der Waals surface area contributed by atoms with Crippen LogP contribution in [0.3, 0.4) is 0 Å². The van der Waals surface area contributed by atoms with E-state index in [1.54, 1.807) is 13.0 Å². The van der Waals surface area contributed by atoms with Crippen molar-refractivity contribution >= 4 is 11.6 Å². The largest absolute Gasteiger partial charge is 0.396 e. The fraction of sp³-hybridized carbons (Fsp3) is 0.462. The molecule has 0 heterocycles. The van der Waals surface area contributed by atoms with Gasteiger partial charge in [-0.05, 0) is 37.8 Å². The first-order valence-corrected chi connectivity index (χ1v) is 6.20. The molecule has 0 saturated heterocycles. The van der Waals surface area contributed by atoms with E-state index in [2.05, 4.69) is 5.32 Å². The van der Waals surface area contributed by atoms with Crippen molar-refractivity contribution in [3.05, 3.63) is 39.4 Å². The number of nitrogens with one attached hydrogen (secondary N) is 1. The van der Waals surface area contributed by atoms with Crippen LogP contribution in [0.4, 0.5) is 5.69 Å². The molecule has 0 bridgehead atoms. The lowest BCUT2D eigenvalue weighted by Gasteiger charge is -2.06. The molecule has 0 aliphatic carbocycles. The molecule has 0 unspecified atom stereocenters. The van der Waals surface area contributed by atoms with E-state index in [1.807, 2.05) is 0 Å². The van der Waals surface area contributed by atoms with Gasteiger partial charge in [0.15, 0.2) is 0 Å². The zero-order chi connectivity index (χ0) is 14.3. The van der Waals surface area contributed by atoms with E-state index in [0.717, 1.165) is 18.4 Å². The molecular formula is C13H18N2O4. The summed E-state index contributed by atoms with van der Waals surface area (Å²) >= 11 is 0. The monoisotopic (exact) mass is 266 g/mol. The van der Waals surface area contributed by atoms with Gasteiger partial charge in [0.25, 0.3) is 11.6 Å². The second-order valence-corrected chi connectivity index (χ2v) is 4.32. The first-order valence-electron chi connectivity index (χ1n) is 6.20. The van der Waals surface area contributed by atoms with Gasteiger partial charge in [-0.3, -0.25) is 14.9 Å². The number of carbonyl (C=O) groups excluding carboxylic acids is 1. The van der Waals surface area contributed by atoms with Gasteiger partial charge in [-0.25, -0.2) is 0 Å². The Morgan fingerprint density at radius 2 is 2.11 bits per heavy atom. The van der Waals surface area contributed by atoms with Crippen LogP contribution in [0, 0.1) is 17.0 Å². The highest BCUT2D eigenvalue weighted by molar-refractivity contribution is 5.98. The van der Waals surface area contributed by atoms with Crippen LogP contribution in [0.5, 0.6) is 0 Å². The maximum atomic E-state index is 11.9. The van der Waals surface area contributed by atoms with Crippen LogP contribution < -0.4 is 5.32 Å². The summed E-state index contributed by atoms with van der Waals surface area (Å²) in [5, 5.41) is 22.1. The van der Waals surface area contributed by atoms with Crippen LogP contribution in [0.25, 0.3) is 0 Å². The molecule has 0 spiro atoms. The molecule has 6 heteroatoms. The number of carbonyl (C=O) groups is 1. The Morgan fingerprint density at radius 1 is 1.37 bits per heavy atom. The number of amides is 1. The molecule has 1 aromatic rings. The molecule has 0 radical (unpaired) electrons. The lowest BCUT2D eigenvalue weighted by atomic mass is 10.1. The van der Waals surface area contributed by atoms with Crippen molar-refractivity contribution in [3.8, 4) is 0 Å². The highest BCUT2D eigenvalue weighted by Crippen LogP contribution is 2.19. The second kappa shape index (κ2) is 7.48. The van der Waals surface area contributed by atoms with Gasteiger partial charge in [0, 0.05) is 19.2 Å². The van der Waals surface area contributed by atoms with E-state index in [0.29, 0.717) is 13.0 Å². The first-order chi connectivity index (χ1) is 9.06. The molecule has 0 aromatic heterocycles. The topological polar surface area (TPSA) is 92.5 Å². The number of nitrogens with zero attached hydrogens (tertiary/aromatic N) is 1. The number of unbranched alkanes of at least 4 members (excludes halogenated alkanes) is 2. The molecule has 6 nitrogen and oxygen atoms in total. The van der Waals surface area contributed by atoms with E-state index >= 15 is 0 Å². The summed E-state index contributed by atoms with van der Waals surface area (Å²) in [6.45, 7) is 2.36. The Bertz CT molecular complexity index is 460. The van der Waals surface area contributed by atoms with Crippen LogP contribution in [-0.2, 0) is 0 Å². The number of nitro groups is 1. The summed E-state index contributed by atoms with van der Waals surface area (Å²) in [5.41, 5.74) is 0.710. The number of aryl methyl sites for hydroxylation is 1. The van der Waals surface area contributed by atoms with Gasteiger partial charge in [-0.15, -0.1) is 0 Å². The summed E-state index contributed by atoms with van der Waals surface area (Å²) in [5.74, 6) is -0.431. The molecule has 1 amide bonds. The average Bonchev–Trinajstić information content (AvgIpc) is 2.37. The van der Waals surface area contributed by atoms with Crippen LogP contribution >= 0.6 is 0 Å². The molecule has 0 aliphatic rings. The predicted octanol–water partition coefficient (Wildman–Crippen LogP) is 1.80. The number of hydrogen-bond donors (Lipinski definition) is 2. The lowest BCUT2D eigenvalue weighted by molar-refractivity contribution is -0.385. The average molecular weight is 266 g/mol. The number of benzene rings is 1. The minimum absolute atomic E-state index is 0.0900. The molecule has 1 rings (SSSR count). The van der Waals surface area contributed by atoms with Crippen molar-refractivity contribution < 1.29 is 14.8 Å². The smallest absolute Gasteiger partial charge is 0.282 e. The molecule has 0 saturated carbocycles. The van der Waals surface area contributed by atoms with Gasteiger partial charge in [-0.1, -0.05) is 6.07 Å². The van der Waals surface area contributed by atoms with Crippen molar-refractivity contribution in [1.82, 2.24) is 5.32 Å². The van der Waals surface area contributed by atoms with Crippen molar-refractivity contribution in [2.45, 2.75) is 26.2 Å². The van der Waals surface area contributed by atoms with E-state index in [1.165, 1.54) is 12.1 Å². The number of hydrogen-bond acceptors (Lipinski definition) is 4. The van der Waals surface area contributed by atoms with Crippen LogP contribution in [0.1, 0.15) is 35.2 Å². The van der Waals surface area contributed by atoms with Gasteiger partial charge in [0.2, 0.25) is 0 Å². The van der Waals surface area contributed by atoms with Crippen molar-refractivity contribution in [1.29, 1.82) is 0 Å². The molecule has 1 aromatic carbocycles. The van der Waals surface area contributed by atoms with Gasteiger partial charge in [-0.2, -0.15) is 0 Å². The summed E-state index contributed by atoms with van der Waals surface area (Å²) in [6.07, 6.45) is 2.25. The number of aliphatic hydroxyl groups excluding tert-OH is 1. The highest BCUT2D eigenvalue weighted by atomic mass is 16.6. The highest BCUT2D eigenvalue weighted by Gasteiger charge is 2.19. The van der Waals surface area contributed by atoms with Crippen molar-refractivity contribution in [3.63, 3.8) is 0 Å². The molecule has 0 fully saturated rings. The van der Waals surface area contributed by atoms with Gasteiger partial charge >= 0.3 is 0 Å². The van der Waals surface area contributed by atoms with E-state index in [4.69, 9.17) is 5.11 Å². The third-order valence-corrected chi connectivity index (χ3v) is 2.71. The summed E-state index contributed by atoms with van der Waals surface area (Å²) in [7, 11) is 0. The van der Waals surface area contributed by atoms with Crippen LogP contribution in [0.15, 0.2) is 18.2 Å². The normalized spacial score (nSPS) is 10.2. The fourth-order valence-corrected chi connectivity index (χ4v) is 1.70. The fourth-order valence-electron chi connectivity index (χ4n) is 1.70. The standard InChI is InChI=1S/C13H18N2O4/c1-10-5-6-12(15(18)19)11(9-10)13(17)14-7-3-2-4-8-16/h5-6,9,16H,2-4,7-8H2,1H3,(H,14,17). The Kier molecular flexibility index (Phi) is 5.95. The third-order valence-electron chi connectivity index (χ3n) is 2.71. The van der Waals surface area contributed by atoms with E-state index in [9.17, 15) is 14.9 Å². The SMILES string of the molecule is Cc1ccc([N+](=O)[O-])c(C(=O)NCCCCCO)c1. The third kappa shape index (κ3) is 4.67. The number of nitro benzene ring substituents is 1. The summed E-state index contributed by atoms with van der Waals surface area (Å²) in [4.78, 5) is 22.2. The van der Waals surface area contributed by atoms with Gasteiger partial charge in [0.05, 0.1) is 4.92 Å². The molecule has 0 aliphatic heterocycles. The molecule has 19 heavy (non-hydrogen) atoms. The van der Waals surface area contributed by atoms with Gasteiger partial charge in [0.1, 0.15) is 5.56 Å². The number of aliphatic hydroxyl groups is 1.